The first-order chi connectivity index (χ1) is 8.75. The van der Waals surface area contributed by atoms with Crippen molar-refractivity contribution in [2.75, 3.05) is 13.1 Å². The molecule has 2 atom stereocenters. The first-order valence-corrected chi connectivity index (χ1v) is 6.07. The van der Waals surface area contributed by atoms with E-state index in [9.17, 15) is 9.18 Å². The molecule has 0 aliphatic carbocycles. The van der Waals surface area contributed by atoms with Crippen LogP contribution >= 0.6 is 0 Å². The zero-order valence-electron chi connectivity index (χ0n) is 10.1. The van der Waals surface area contributed by atoms with Gasteiger partial charge in [0, 0.05) is 6.54 Å². The van der Waals surface area contributed by atoms with Crippen molar-refractivity contribution in [3.05, 3.63) is 35.9 Å². The summed E-state index contributed by atoms with van der Waals surface area (Å²) in [5, 5.41) is 5.49. The predicted octanol–water partition coefficient (Wildman–Crippen LogP) is 1.61. The number of halogens is 1. The largest absolute Gasteiger partial charge is 0.445 e. The summed E-state index contributed by atoms with van der Waals surface area (Å²) in [7, 11) is 0. The lowest BCUT2D eigenvalue weighted by molar-refractivity contribution is 0.122. The molecule has 1 aromatic rings. The standard InChI is InChI=1S/C13H17FN2O2/c14-11-8-15-7-6-12(11)16-13(17)18-9-10-4-2-1-3-5-10/h1-5,11-12,15H,6-9H2,(H,16,17)/t11-,12+/m1/s1. The van der Waals surface area contributed by atoms with Crippen molar-refractivity contribution in [2.24, 2.45) is 0 Å². The Kier molecular flexibility index (Phi) is 4.52. The van der Waals surface area contributed by atoms with Crippen molar-refractivity contribution in [2.45, 2.75) is 25.2 Å². The summed E-state index contributed by atoms with van der Waals surface area (Å²) in [6.45, 7) is 1.20. The highest BCUT2D eigenvalue weighted by Gasteiger charge is 2.26. The fourth-order valence-corrected chi connectivity index (χ4v) is 1.90. The van der Waals surface area contributed by atoms with Crippen LogP contribution in [0.1, 0.15) is 12.0 Å². The van der Waals surface area contributed by atoms with Gasteiger partial charge in [-0.15, -0.1) is 0 Å². The molecule has 98 valence electrons. The molecule has 1 fully saturated rings. The summed E-state index contributed by atoms with van der Waals surface area (Å²) in [5.74, 6) is 0. The molecule has 2 rings (SSSR count). The van der Waals surface area contributed by atoms with Gasteiger partial charge in [0.25, 0.3) is 0 Å². The van der Waals surface area contributed by atoms with Crippen LogP contribution in [0, 0.1) is 0 Å². The van der Waals surface area contributed by atoms with Gasteiger partial charge in [-0.2, -0.15) is 0 Å². The van der Waals surface area contributed by atoms with Crippen LogP contribution in [0.15, 0.2) is 30.3 Å². The molecule has 0 aromatic heterocycles. The molecule has 1 aliphatic heterocycles. The van der Waals surface area contributed by atoms with Crippen molar-refractivity contribution in [1.82, 2.24) is 10.6 Å². The van der Waals surface area contributed by atoms with Gasteiger partial charge in [0.05, 0.1) is 6.04 Å². The number of nitrogens with one attached hydrogen (secondary N) is 2. The summed E-state index contributed by atoms with van der Waals surface area (Å²) < 4.78 is 18.5. The molecule has 0 unspecified atom stereocenters. The van der Waals surface area contributed by atoms with Crippen LogP contribution in [0.4, 0.5) is 9.18 Å². The molecular weight excluding hydrogens is 235 g/mol. The number of amides is 1. The first-order valence-electron chi connectivity index (χ1n) is 6.07. The molecule has 2 N–H and O–H groups in total. The molecule has 5 heteroatoms. The Balaban J connectivity index is 1.75. The van der Waals surface area contributed by atoms with Crippen LogP contribution in [-0.4, -0.2) is 31.4 Å². The number of alkyl halides is 1. The molecule has 1 aliphatic rings. The molecule has 1 aromatic carbocycles. The lowest BCUT2D eigenvalue weighted by atomic mass is 10.1. The Morgan fingerprint density at radius 1 is 1.44 bits per heavy atom. The van der Waals surface area contributed by atoms with Gasteiger partial charge in [0.2, 0.25) is 0 Å². The van der Waals surface area contributed by atoms with Gasteiger partial charge < -0.3 is 15.4 Å². The van der Waals surface area contributed by atoms with Gasteiger partial charge >= 0.3 is 6.09 Å². The van der Waals surface area contributed by atoms with Gasteiger partial charge in [0.15, 0.2) is 0 Å². The number of rotatable bonds is 3. The van der Waals surface area contributed by atoms with Gasteiger partial charge in [0.1, 0.15) is 12.8 Å². The maximum absolute atomic E-state index is 13.4. The fraction of sp³-hybridized carbons (Fsp3) is 0.462. The lowest BCUT2D eigenvalue weighted by Gasteiger charge is -2.27. The number of hydrogen-bond donors (Lipinski definition) is 2. The van der Waals surface area contributed by atoms with Crippen LogP contribution < -0.4 is 10.6 Å². The summed E-state index contributed by atoms with van der Waals surface area (Å²) in [6, 6.07) is 8.94. The van der Waals surface area contributed by atoms with Crippen LogP contribution in [0.5, 0.6) is 0 Å². The highest BCUT2D eigenvalue weighted by Crippen LogP contribution is 2.08. The van der Waals surface area contributed by atoms with E-state index in [1.165, 1.54) is 0 Å². The van der Waals surface area contributed by atoms with E-state index in [-0.39, 0.29) is 13.2 Å². The second-order valence-electron chi connectivity index (χ2n) is 4.32. The molecule has 0 bridgehead atoms. The van der Waals surface area contributed by atoms with E-state index in [1.54, 1.807) is 0 Å². The SMILES string of the molecule is O=C(N[C@H]1CCNC[C@H]1F)OCc1ccccc1. The third kappa shape index (κ3) is 3.70. The first kappa shape index (κ1) is 12.8. The number of carbonyl (C=O) groups excluding carboxylic acids is 1. The number of benzene rings is 1. The van der Waals surface area contributed by atoms with Gasteiger partial charge in [-0.25, -0.2) is 9.18 Å². The molecular formula is C13H17FN2O2. The predicted molar refractivity (Wildman–Crippen MR) is 65.9 cm³/mol. The van der Waals surface area contributed by atoms with E-state index in [0.717, 1.165) is 5.56 Å². The van der Waals surface area contributed by atoms with E-state index in [1.807, 2.05) is 30.3 Å². The highest BCUT2D eigenvalue weighted by atomic mass is 19.1. The Morgan fingerprint density at radius 3 is 2.94 bits per heavy atom. The Hall–Kier alpha value is -1.62. The Bertz CT molecular complexity index is 386. The zero-order chi connectivity index (χ0) is 12.8. The number of alkyl carbamates (subject to hydrolysis) is 1. The number of ether oxygens (including phenoxy) is 1. The van der Waals surface area contributed by atoms with Crippen LogP contribution in [0.3, 0.4) is 0 Å². The van der Waals surface area contributed by atoms with Crippen molar-refractivity contribution < 1.29 is 13.9 Å². The maximum Gasteiger partial charge on any atom is 0.407 e. The molecule has 0 spiro atoms. The second kappa shape index (κ2) is 6.35. The van der Waals surface area contributed by atoms with Crippen molar-refractivity contribution in [3.8, 4) is 0 Å². The number of hydrogen-bond acceptors (Lipinski definition) is 3. The molecule has 1 amide bonds. The number of piperidine rings is 1. The van der Waals surface area contributed by atoms with E-state index >= 15 is 0 Å². The minimum absolute atomic E-state index is 0.203. The zero-order valence-corrected chi connectivity index (χ0v) is 10.1. The average Bonchev–Trinajstić information content (AvgIpc) is 2.40. The van der Waals surface area contributed by atoms with E-state index in [0.29, 0.717) is 13.0 Å². The number of carbonyl (C=O) groups is 1. The van der Waals surface area contributed by atoms with Crippen molar-refractivity contribution in [3.63, 3.8) is 0 Å². The summed E-state index contributed by atoms with van der Waals surface area (Å²) >= 11 is 0. The molecule has 1 heterocycles. The third-order valence-corrected chi connectivity index (χ3v) is 2.92. The molecule has 0 radical (unpaired) electrons. The minimum atomic E-state index is -1.05. The van der Waals surface area contributed by atoms with E-state index < -0.39 is 18.3 Å². The monoisotopic (exact) mass is 252 g/mol. The van der Waals surface area contributed by atoms with Crippen molar-refractivity contribution in [1.29, 1.82) is 0 Å². The van der Waals surface area contributed by atoms with Gasteiger partial charge in [-0.05, 0) is 18.5 Å². The minimum Gasteiger partial charge on any atom is -0.445 e. The lowest BCUT2D eigenvalue weighted by Crippen LogP contribution is -2.50. The van der Waals surface area contributed by atoms with E-state index in [4.69, 9.17) is 4.74 Å². The fourth-order valence-electron chi connectivity index (χ4n) is 1.90. The van der Waals surface area contributed by atoms with Crippen molar-refractivity contribution >= 4 is 6.09 Å². The topological polar surface area (TPSA) is 50.4 Å². The molecule has 4 nitrogen and oxygen atoms in total. The van der Waals surface area contributed by atoms with Gasteiger partial charge in [-0.1, -0.05) is 30.3 Å². The normalized spacial score (nSPS) is 23.4. The van der Waals surface area contributed by atoms with Crippen LogP contribution in [0.25, 0.3) is 0 Å². The smallest absolute Gasteiger partial charge is 0.407 e. The molecule has 18 heavy (non-hydrogen) atoms. The molecule has 1 saturated heterocycles. The summed E-state index contributed by atoms with van der Waals surface area (Å²) in [5.41, 5.74) is 0.912. The Labute approximate surface area is 106 Å². The van der Waals surface area contributed by atoms with E-state index in [2.05, 4.69) is 10.6 Å². The van der Waals surface area contributed by atoms with Crippen LogP contribution in [-0.2, 0) is 11.3 Å². The molecule has 0 saturated carbocycles. The van der Waals surface area contributed by atoms with Gasteiger partial charge in [-0.3, -0.25) is 0 Å². The second-order valence-corrected chi connectivity index (χ2v) is 4.32. The summed E-state index contributed by atoms with van der Waals surface area (Å²) in [6.07, 6.45) is -1.03. The summed E-state index contributed by atoms with van der Waals surface area (Å²) in [4.78, 5) is 11.5. The quantitative estimate of drug-likeness (QED) is 0.859. The third-order valence-electron chi connectivity index (χ3n) is 2.92. The highest BCUT2D eigenvalue weighted by molar-refractivity contribution is 5.67. The average molecular weight is 252 g/mol. The maximum atomic E-state index is 13.4. The Morgan fingerprint density at radius 2 is 2.22 bits per heavy atom. The van der Waals surface area contributed by atoms with Crippen LogP contribution in [0.2, 0.25) is 0 Å².